The summed E-state index contributed by atoms with van der Waals surface area (Å²) in [4.78, 5) is 0. The molecular formula is C17H27N. The summed E-state index contributed by atoms with van der Waals surface area (Å²) >= 11 is 0. The molecular weight excluding hydrogens is 218 g/mol. The lowest BCUT2D eigenvalue weighted by Gasteiger charge is -2.30. The second-order valence-electron chi connectivity index (χ2n) is 5.73. The summed E-state index contributed by atoms with van der Waals surface area (Å²) < 4.78 is 0. The molecule has 1 atom stereocenters. The van der Waals surface area contributed by atoms with Crippen molar-refractivity contribution < 1.29 is 0 Å². The second-order valence-corrected chi connectivity index (χ2v) is 5.73. The molecule has 0 heterocycles. The van der Waals surface area contributed by atoms with E-state index >= 15 is 0 Å². The summed E-state index contributed by atoms with van der Waals surface area (Å²) in [6.07, 6.45) is 9.91. The number of benzene rings is 1. The highest BCUT2D eigenvalue weighted by molar-refractivity contribution is 5.29. The van der Waals surface area contributed by atoms with Gasteiger partial charge in [-0.1, -0.05) is 56.4 Å². The van der Waals surface area contributed by atoms with Crippen molar-refractivity contribution in [3.63, 3.8) is 0 Å². The Labute approximate surface area is 112 Å². The van der Waals surface area contributed by atoms with Crippen LogP contribution in [0.2, 0.25) is 0 Å². The van der Waals surface area contributed by atoms with Crippen LogP contribution in [-0.4, -0.2) is 7.05 Å². The van der Waals surface area contributed by atoms with Gasteiger partial charge in [0, 0.05) is 6.04 Å². The lowest BCUT2D eigenvalue weighted by molar-refractivity contribution is 0.299. The van der Waals surface area contributed by atoms with Gasteiger partial charge in [-0.25, -0.2) is 0 Å². The fourth-order valence-corrected chi connectivity index (χ4v) is 3.40. The Morgan fingerprint density at radius 3 is 2.22 bits per heavy atom. The Kier molecular flexibility index (Phi) is 5.25. The maximum Gasteiger partial charge on any atom is 0.0348 e. The van der Waals surface area contributed by atoms with E-state index in [1.54, 1.807) is 0 Å². The summed E-state index contributed by atoms with van der Waals surface area (Å²) in [6, 6.07) is 9.40. The van der Waals surface area contributed by atoms with Gasteiger partial charge in [0.2, 0.25) is 0 Å². The largest absolute Gasteiger partial charge is 0.313 e. The summed E-state index contributed by atoms with van der Waals surface area (Å²) in [7, 11) is 2.12. The lowest BCUT2D eigenvalue weighted by atomic mass is 9.82. The van der Waals surface area contributed by atoms with Gasteiger partial charge >= 0.3 is 0 Å². The molecule has 0 spiro atoms. The molecule has 2 rings (SSSR count). The zero-order valence-electron chi connectivity index (χ0n) is 11.9. The maximum atomic E-state index is 3.58. The SMILES string of the molecule is CNC(c1ccccc1C)C1CCCCCCC1. The van der Waals surface area contributed by atoms with Crippen LogP contribution in [0.3, 0.4) is 0 Å². The highest BCUT2D eigenvalue weighted by atomic mass is 14.9. The van der Waals surface area contributed by atoms with Crippen LogP contribution < -0.4 is 5.32 Å². The van der Waals surface area contributed by atoms with Gasteiger partial charge in [-0.15, -0.1) is 0 Å². The minimum absolute atomic E-state index is 0.546. The van der Waals surface area contributed by atoms with Gasteiger partial charge in [0.1, 0.15) is 0 Å². The first-order chi connectivity index (χ1) is 8.83. The van der Waals surface area contributed by atoms with Crippen LogP contribution in [0.25, 0.3) is 0 Å². The van der Waals surface area contributed by atoms with Crippen molar-refractivity contribution in [2.75, 3.05) is 7.05 Å². The molecule has 1 N–H and O–H groups in total. The average molecular weight is 245 g/mol. The molecule has 1 saturated carbocycles. The van der Waals surface area contributed by atoms with Gasteiger partial charge in [-0.05, 0) is 43.9 Å². The number of nitrogens with one attached hydrogen (secondary N) is 1. The highest BCUT2D eigenvalue weighted by Crippen LogP contribution is 2.33. The first-order valence-corrected chi connectivity index (χ1v) is 7.55. The summed E-state index contributed by atoms with van der Waals surface area (Å²) in [6.45, 7) is 2.24. The second kappa shape index (κ2) is 6.94. The van der Waals surface area contributed by atoms with Crippen LogP contribution in [0.5, 0.6) is 0 Å². The van der Waals surface area contributed by atoms with Gasteiger partial charge in [0.15, 0.2) is 0 Å². The molecule has 0 aromatic heterocycles. The Bertz CT molecular complexity index is 350. The van der Waals surface area contributed by atoms with Gasteiger partial charge in [0.25, 0.3) is 0 Å². The van der Waals surface area contributed by atoms with Gasteiger partial charge < -0.3 is 5.32 Å². The predicted molar refractivity (Wildman–Crippen MR) is 78.8 cm³/mol. The number of aryl methyl sites for hydroxylation is 1. The van der Waals surface area contributed by atoms with E-state index in [0.29, 0.717) is 6.04 Å². The van der Waals surface area contributed by atoms with Gasteiger partial charge in [-0.2, -0.15) is 0 Å². The average Bonchev–Trinajstić information content (AvgIpc) is 2.34. The molecule has 1 aromatic carbocycles. The number of hydrogen-bond donors (Lipinski definition) is 1. The molecule has 1 aliphatic carbocycles. The Morgan fingerprint density at radius 1 is 1.00 bits per heavy atom. The van der Waals surface area contributed by atoms with Crippen molar-refractivity contribution in [3.05, 3.63) is 35.4 Å². The van der Waals surface area contributed by atoms with Crippen LogP contribution in [-0.2, 0) is 0 Å². The van der Waals surface area contributed by atoms with E-state index in [1.807, 2.05) is 0 Å². The quantitative estimate of drug-likeness (QED) is 0.819. The molecule has 1 nitrogen and oxygen atoms in total. The molecule has 0 amide bonds. The predicted octanol–water partition coefficient (Wildman–Crippen LogP) is 4.62. The zero-order chi connectivity index (χ0) is 12.8. The summed E-state index contributed by atoms with van der Waals surface area (Å²) in [5.74, 6) is 0.816. The van der Waals surface area contributed by atoms with E-state index < -0.39 is 0 Å². The summed E-state index contributed by atoms with van der Waals surface area (Å²) in [5, 5.41) is 3.58. The van der Waals surface area contributed by atoms with Crippen LogP contribution in [0, 0.1) is 12.8 Å². The van der Waals surface area contributed by atoms with Crippen molar-refractivity contribution in [1.82, 2.24) is 5.32 Å². The van der Waals surface area contributed by atoms with E-state index in [4.69, 9.17) is 0 Å². The smallest absolute Gasteiger partial charge is 0.0348 e. The van der Waals surface area contributed by atoms with Crippen molar-refractivity contribution in [2.45, 2.75) is 57.9 Å². The van der Waals surface area contributed by atoms with Crippen LogP contribution in [0.4, 0.5) is 0 Å². The van der Waals surface area contributed by atoms with Crippen LogP contribution >= 0.6 is 0 Å². The third kappa shape index (κ3) is 3.35. The maximum absolute atomic E-state index is 3.58. The molecule has 1 aliphatic rings. The molecule has 18 heavy (non-hydrogen) atoms. The van der Waals surface area contributed by atoms with Crippen molar-refractivity contribution in [3.8, 4) is 0 Å². The number of hydrogen-bond acceptors (Lipinski definition) is 1. The van der Waals surface area contributed by atoms with Gasteiger partial charge in [0.05, 0.1) is 0 Å². The minimum atomic E-state index is 0.546. The third-order valence-electron chi connectivity index (χ3n) is 4.46. The van der Waals surface area contributed by atoms with Gasteiger partial charge in [-0.3, -0.25) is 0 Å². The van der Waals surface area contributed by atoms with Crippen LogP contribution in [0.1, 0.15) is 62.1 Å². The molecule has 1 unspecified atom stereocenters. The Balaban J connectivity index is 2.13. The molecule has 1 aromatic rings. The first kappa shape index (κ1) is 13.6. The van der Waals surface area contributed by atoms with E-state index in [9.17, 15) is 0 Å². The first-order valence-electron chi connectivity index (χ1n) is 7.55. The van der Waals surface area contributed by atoms with Crippen molar-refractivity contribution >= 4 is 0 Å². The normalized spacial score (nSPS) is 20.1. The fraction of sp³-hybridized carbons (Fsp3) is 0.647. The standard InChI is InChI=1S/C17H27N/c1-14-10-8-9-13-16(14)17(18-2)15-11-6-4-3-5-7-12-15/h8-10,13,15,17-18H,3-7,11-12H2,1-2H3. The Morgan fingerprint density at radius 2 is 1.61 bits per heavy atom. The third-order valence-corrected chi connectivity index (χ3v) is 4.46. The zero-order valence-corrected chi connectivity index (χ0v) is 11.9. The Hall–Kier alpha value is -0.820. The number of rotatable bonds is 3. The van der Waals surface area contributed by atoms with E-state index in [1.165, 1.54) is 56.1 Å². The van der Waals surface area contributed by atoms with E-state index in [-0.39, 0.29) is 0 Å². The minimum Gasteiger partial charge on any atom is -0.313 e. The highest BCUT2D eigenvalue weighted by Gasteiger charge is 2.23. The molecule has 0 radical (unpaired) electrons. The molecule has 100 valence electrons. The fourth-order valence-electron chi connectivity index (χ4n) is 3.40. The summed E-state index contributed by atoms with van der Waals surface area (Å²) in [5.41, 5.74) is 2.93. The van der Waals surface area contributed by atoms with Crippen LogP contribution in [0.15, 0.2) is 24.3 Å². The van der Waals surface area contributed by atoms with E-state index in [0.717, 1.165) is 5.92 Å². The molecule has 0 saturated heterocycles. The van der Waals surface area contributed by atoms with Crippen molar-refractivity contribution in [1.29, 1.82) is 0 Å². The monoisotopic (exact) mass is 245 g/mol. The molecule has 1 fully saturated rings. The molecule has 1 heteroatoms. The molecule has 0 aliphatic heterocycles. The lowest BCUT2D eigenvalue weighted by Crippen LogP contribution is -2.26. The topological polar surface area (TPSA) is 12.0 Å². The van der Waals surface area contributed by atoms with Crippen molar-refractivity contribution in [2.24, 2.45) is 5.92 Å². The van der Waals surface area contributed by atoms with E-state index in [2.05, 4.69) is 43.6 Å². The molecule has 0 bridgehead atoms.